The third kappa shape index (κ3) is 9.94. The quantitative estimate of drug-likeness (QED) is 0.0898. The van der Waals surface area contributed by atoms with Gasteiger partial charge in [-0.3, -0.25) is 29.1 Å². The lowest BCUT2D eigenvalue weighted by Crippen LogP contribution is -2.63. The predicted octanol–water partition coefficient (Wildman–Crippen LogP) is 3.14. The summed E-state index contributed by atoms with van der Waals surface area (Å²) in [5, 5.41) is 20.3. The number of likely N-dealkylation sites (tertiary alicyclic amines) is 2. The molecule has 0 radical (unpaired) electrons. The maximum absolute atomic E-state index is 13.7. The molecular formula is C42H61N5O10S. The van der Waals surface area contributed by atoms with Crippen molar-refractivity contribution in [2.75, 3.05) is 46.9 Å². The topological polar surface area (TPSA) is 187 Å². The number of Topliss-reactive ketones (excluding diaryl/α,β-unsaturated/α-hetero) is 1. The fourth-order valence-electron chi connectivity index (χ4n) is 8.48. The molecular weight excluding hydrogens is 767 g/mol. The van der Waals surface area contributed by atoms with Crippen LogP contribution in [0.25, 0.3) is 0 Å². The molecule has 8 atom stereocenters. The van der Waals surface area contributed by atoms with E-state index in [-0.39, 0.29) is 35.3 Å². The van der Waals surface area contributed by atoms with E-state index in [0.717, 1.165) is 12.0 Å². The van der Waals surface area contributed by atoms with Crippen LogP contribution in [-0.4, -0.2) is 153 Å². The van der Waals surface area contributed by atoms with Crippen molar-refractivity contribution in [1.29, 1.82) is 0 Å². The van der Waals surface area contributed by atoms with Gasteiger partial charge in [0.15, 0.2) is 0 Å². The molecule has 16 heteroatoms. The number of aliphatic carboxylic acids is 1. The van der Waals surface area contributed by atoms with Crippen LogP contribution >= 0.6 is 11.8 Å². The molecule has 3 saturated heterocycles. The molecule has 3 fully saturated rings. The lowest BCUT2D eigenvalue weighted by atomic mass is 9.79. The number of rotatable bonds is 19. The van der Waals surface area contributed by atoms with Crippen molar-refractivity contribution < 1.29 is 48.5 Å². The molecule has 2 N–H and O–H groups in total. The summed E-state index contributed by atoms with van der Waals surface area (Å²) in [4.78, 5) is 90.0. The number of esters is 1. The number of nitrogens with zero attached hydrogens (tertiary/aromatic N) is 5. The number of carbonyl (C=O) groups excluding carboxylic acids is 5. The maximum Gasteiger partial charge on any atom is 0.353 e. The molecule has 3 amide bonds. The summed E-state index contributed by atoms with van der Waals surface area (Å²) in [5.41, 5.74) is 0.111. The number of aliphatic hydroxyl groups is 1. The van der Waals surface area contributed by atoms with Crippen LogP contribution in [0.15, 0.2) is 35.1 Å². The third-order valence-electron chi connectivity index (χ3n) is 12.2. The summed E-state index contributed by atoms with van der Waals surface area (Å²) in [7, 11) is 3.42. The highest BCUT2D eigenvalue weighted by atomic mass is 32.2. The van der Waals surface area contributed by atoms with E-state index >= 15 is 0 Å². The number of aryl methyl sites for hydroxylation is 1. The number of fused-ring (bicyclic) bond motifs is 1. The molecule has 0 aromatic carbocycles. The molecule has 0 saturated carbocycles. The minimum absolute atomic E-state index is 0.0257. The molecule has 0 spiro atoms. The Morgan fingerprint density at radius 2 is 1.88 bits per heavy atom. The number of ketones is 1. The number of carboxylic acid groups (broad SMARTS) is 1. The highest BCUT2D eigenvalue weighted by Crippen LogP contribution is 2.52. The Balaban J connectivity index is 1.20. The standard InChI is InChI=1S/C42H61N5O10S/c1-8-42(4,5)36(49)39(52)46-19-10-9-14-30(46)41(55)57-28(16-15-27-13-11-17-43-22-27)24-56-20-12-18-45-23-29(21-31(45)37(50)44(6)7)58-35-25(2)33-32(26(3)48)38(51)47(33)34(35)40(53)54/h11,13,17,22,25-26,28-33,48H,8-10,12,14-16,18-21,23-24H2,1-7H3,(H,53,54)/t25-,26-,28-,29+,30+,31+,32-,33-/m1/s1. The first-order valence-electron chi connectivity index (χ1n) is 20.6. The zero-order valence-corrected chi connectivity index (χ0v) is 35.7. The SMILES string of the molecule is CCC(C)(C)C(=O)C(=O)N1CCCC[C@H]1C(=O)O[C@H](CCc1cccnc1)COCCCN1C[C@@H](SC2=C(C(=O)O)N3C(=O)[C@H]([C@@H](C)O)[C@H]3[C@H]2C)C[C@H]1C(=O)N(C)C. The van der Waals surface area contributed by atoms with E-state index < -0.39 is 65.3 Å². The van der Waals surface area contributed by atoms with E-state index in [9.17, 15) is 39.0 Å². The number of aromatic nitrogens is 1. The average molecular weight is 828 g/mol. The second-order valence-corrected chi connectivity index (χ2v) is 18.3. The van der Waals surface area contributed by atoms with Gasteiger partial charge in [0.2, 0.25) is 17.6 Å². The van der Waals surface area contributed by atoms with Gasteiger partial charge in [-0.05, 0) is 69.9 Å². The number of carboxylic acids is 1. The molecule has 1 aromatic rings. The van der Waals surface area contributed by atoms with Crippen molar-refractivity contribution in [3.05, 3.63) is 40.7 Å². The number of thioether (sulfide) groups is 1. The number of amides is 3. The molecule has 0 unspecified atom stereocenters. The van der Waals surface area contributed by atoms with Crippen molar-refractivity contribution in [3.8, 4) is 0 Å². The Bertz CT molecular complexity index is 1720. The van der Waals surface area contributed by atoms with Gasteiger partial charge in [-0.15, -0.1) is 11.8 Å². The summed E-state index contributed by atoms with van der Waals surface area (Å²) >= 11 is 1.42. The molecule has 320 valence electrons. The van der Waals surface area contributed by atoms with Gasteiger partial charge < -0.3 is 34.4 Å². The predicted molar refractivity (Wildman–Crippen MR) is 216 cm³/mol. The summed E-state index contributed by atoms with van der Waals surface area (Å²) in [6, 6.07) is 2.10. The van der Waals surface area contributed by atoms with Gasteiger partial charge in [0.05, 0.1) is 30.7 Å². The number of pyridine rings is 1. The fraction of sp³-hybridized carbons (Fsp3) is 0.690. The molecule has 4 aliphatic heterocycles. The summed E-state index contributed by atoms with van der Waals surface area (Å²) in [6.45, 7) is 10.6. The molecule has 0 bridgehead atoms. The number of hydrogen-bond acceptors (Lipinski definition) is 12. The first-order valence-corrected chi connectivity index (χ1v) is 21.5. The van der Waals surface area contributed by atoms with Gasteiger partial charge in [-0.1, -0.05) is 33.8 Å². The van der Waals surface area contributed by atoms with Gasteiger partial charge in [-0.25, -0.2) is 9.59 Å². The van der Waals surface area contributed by atoms with Crippen LogP contribution < -0.4 is 0 Å². The first kappa shape index (κ1) is 45.2. The molecule has 15 nitrogen and oxygen atoms in total. The van der Waals surface area contributed by atoms with E-state index in [0.29, 0.717) is 76.1 Å². The van der Waals surface area contributed by atoms with Crippen molar-refractivity contribution >= 4 is 47.2 Å². The van der Waals surface area contributed by atoms with Gasteiger partial charge in [0, 0.05) is 74.2 Å². The lowest BCUT2D eigenvalue weighted by Gasteiger charge is -2.46. The third-order valence-corrected chi connectivity index (χ3v) is 13.7. The summed E-state index contributed by atoms with van der Waals surface area (Å²) < 4.78 is 12.2. The Morgan fingerprint density at radius 1 is 1.14 bits per heavy atom. The van der Waals surface area contributed by atoms with Crippen molar-refractivity contribution in [3.63, 3.8) is 0 Å². The van der Waals surface area contributed by atoms with Crippen molar-refractivity contribution in [2.24, 2.45) is 17.3 Å². The van der Waals surface area contributed by atoms with Crippen LogP contribution in [0.4, 0.5) is 0 Å². The van der Waals surface area contributed by atoms with Crippen LogP contribution in [0.2, 0.25) is 0 Å². The fourth-order valence-corrected chi connectivity index (χ4v) is 10.0. The number of likely N-dealkylation sites (N-methyl/N-ethyl adjacent to an activating group) is 1. The van der Waals surface area contributed by atoms with E-state index in [4.69, 9.17) is 9.47 Å². The highest BCUT2D eigenvalue weighted by molar-refractivity contribution is 8.03. The van der Waals surface area contributed by atoms with Crippen molar-refractivity contribution in [2.45, 2.75) is 122 Å². The second-order valence-electron chi connectivity index (χ2n) is 17.0. The van der Waals surface area contributed by atoms with Gasteiger partial charge in [0.1, 0.15) is 17.8 Å². The van der Waals surface area contributed by atoms with Gasteiger partial charge in [-0.2, -0.15) is 0 Å². The molecule has 5 heterocycles. The average Bonchev–Trinajstić information content (AvgIpc) is 3.71. The number of hydrogen-bond donors (Lipinski definition) is 2. The van der Waals surface area contributed by atoms with Gasteiger partial charge in [0.25, 0.3) is 5.91 Å². The van der Waals surface area contributed by atoms with Gasteiger partial charge >= 0.3 is 11.9 Å². The minimum Gasteiger partial charge on any atom is -0.477 e. The lowest BCUT2D eigenvalue weighted by molar-refractivity contribution is -0.166. The number of piperidine rings is 1. The molecule has 1 aromatic heterocycles. The van der Waals surface area contributed by atoms with Crippen molar-refractivity contribution in [1.82, 2.24) is 24.6 Å². The smallest absolute Gasteiger partial charge is 0.353 e. The largest absolute Gasteiger partial charge is 0.477 e. The zero-order chi connectivity index (χ0) is 42.5. The van der Waals surface area contributed by atoms with E-state index in [1.165, 1.54) is 21.6 Å². The summed E-state index contributed by atoms with van der Waals surface area (Å²) in [5.74, 6) is -4.23. The highest BCUT2D eigenvalue weighted by Gasteiger charge is 2.60. The number of carbonyl (C=O) groups is 6. The van der Waals surface area contributed by atoms with Crippen LogP contribution in [0.5, 0.6) is 0 Å². The van der Waals surface area contributed by atoms with Crippen LogP contribution in [0, 0.1) is 17.3 Å². The van der Waals surface area contributed by atoms with E-state index in [1.807, 2.05) is 26.0 Å². The summed E-state index contributed by atoms with van der Waals surface area (Å²) in [6.07, 6.45) is 6.38. The normalized spacial score (nSPS) is 25.9. The number of β-lactam (4-membered cyclic amide) rings is 1. The molecule has 0 aliphatic carbocycles. The van der Waals surface area contributed by atoms with E-state index in [1.54, 1.807) is 52.2 Å². The molecule has 58 heavy (non-hydrogen) atoms. The molecule has 4 aliphatic rings. The maximum atomic E-state index is 13.7. The Labute approximate surface area is 345 Å². The van der Waals surface area contributed by atoms with Crippen LogP contribution in [-0.2, 0) is 44.7 Å². The minimum atomic E-state index is -1.18. The number of ether oxygens (including phenoxy) is 2. The first-order chi connectivity index (χ1) is 27.5. The Kier molecular flexibility index (Phi) is 15.2. The monoisotopic (exact) mass is 827 g/mol. The van der Waals surface area contributed by atoms with Crippen LogP contribution in [0.1, 0.15) is 85.1 Å². The Hall–Kier alpha value is -3.86. The Morgan fingerprint density at radius 3 is 2.52 bits per heavy atom. The van der Waals surface area contributed by atoms with E-state index in [2.05, 4.69) is 9.88 Å². The zero-order valence-electron chi connectivity index (χ0n) is 34.9. The molecule has 5 rings (SSSR count). The number of aliphatic hydroxyl groups excluding tert-OH is 1. The van der Waals surface area contributed by atoms with Crippen LogP contribution in [0.3, 0.4) is 0 Å². The second kappa shape index (κ2) is 19.5.